The summed E-state index contributed by atoms with van der Waals surface area (Å²) < 4.78 is 39.6. The van der Waals surface area contributed by atoms with Crippen molar-refractivity contribution in [3.8, 4) is 0 Å². The number of benzene rings is 2. The van der Waals surface area contributed by atoms with Crippen molar-refractivity contribution >= 4 is 39.1 Å². The third kappa shape index (κ3) is 8.78. The van der Waals surface area contributed by atoms with Crippen molar-refractivity contribution in [3.63, 3.8) is 0 Å². The Morgan fingerprint density at radius 3 is 2.39 bits per heavy atom. The van der Waals surface area contributed by atoms with Crippen LogP contribution < -0.4 is 9.62 Å². The van der Waals surface area contributed by atoms with Gasteiger partial charge < -0.3 is 10.2 Å². The lowest BCUT2D eigenvalue weighted by atomic mass is 10.1. The summed E-state index contributed by atoms with van der Waals surface area (Å²) in [4.78, 5) is 27.4. The first kappa shape index (κ1) is 29.6. The van der Waals surface area contributed by atoms with Crippen LogP contribution in [0.1, 0.15) is 50.7 Å². The van der Waals surface area contributed by atoms with E-state index in [4.69, 9.17) is 11.6 Å². The number of anilines is 1. The summed E-state index contributed by atoms with van der Waals surface area (Å²) in [6, 6.07) is 10.0. The molecule has 1 atom stereocenters. The predicted octanol–water partition coefficient (Wildman–Crippen LogP) is 4.67. The number of sulfonamides is 1. The van der Waals surface area contributed by atoms with Gasteiger partial charge in [-0.25, -0.2) is 12.8 Å². The summed E-state index contributed by atoms with van der Waals surface area (Å²) in [5.41, 5.74) is 1.89. The van der Waals surface area contributed by atoms with Gasteiger partial charge in [-0.2, -0.15) is 0 Å². The number of rotatable bonds is 13. The lowest BCUT2D eigenvalue weighted by Crippen LogP contribution is -2.48. The van der Waals surface area contributed by atoms with Gasteiger partial charge in [0.2, 0.25) is 21.8 Å². The van der Waals surface area contributed by atoms with Crippen LogP contribution in [0.5, 0.6) is 0 Å². The van der Waals surface area contributed by atoms with E-state index in [0.717, 1.165) is 24.7 Å². The van der Waals surface area contributed by atoms with Crippen LogP contribution in [-0.4, -0.2) is 50.5 Å². The van der Waals surface area contributed by atoms with Gasteiger partial charge in [0.05, 0.1) is 11.9 Å². The van der Waals surface area contributed by atoms with Crippen molar-refractivity contribution in [1.82, 2.24) is 10.2 Å². The van der Waals surface area contributed by atoms with E-state index in [1.54, 1.807) is 44.2 Å². The Bertz CT molecular complexity index is 1140. The molecule has 0 bridgehead atoms. The molecule has 0 heterocycles. The zero-order valence-corrected chi connectivity index (χ0v) is 22.8. The summed E-state index contributed by atoms with van der Waals surface area (Å²) >= 11 is 6.09. The van der Waals surface area contributed by atoms with Crippen LogP contribution in [0.3, 0.4) is 0 Å². The van der Waals surface area contributed by atoms with Crippen molar-refractivity contribution in [1.29, 1.82) is 0 Å². The van der Waals surface area contributed by atoms with Gasteiger partial charge in [-0.05, 0) is 62.1 Å². The molecule has 0 fully saturated rings. The van der Waals surface area contributed by atoms with Gasteiger partial charge in [-0.15, -0.1) is 0 Å². The minimum absolute atomic E-state index is 0.0272. The van der Waals surface area contributed by atoms with Crippen molar-refractivity contribution < 1.29 is 22.4 Å². The second kappa shape index (κ2) is 13.6. The van der Waals surface area contributed by atoms with Crippen molar-refractivity contribution in [2.75, 3.05) is 23.7 Å². The molecule has 36 heavy (non-hydrogen) atoms. The number of aryl methyl sites for hydroxylation is 1. The van der Waals surface area contributed by atoms with E-state index in [9.17, 15) is 22.4 Å². The SMILES string of the molecule is CCCCNC(=O)C(C)N(Cc1ccc(F)cc1)C(=O)CCCN(c1cc(Cl)ccc1C)S(C)(=O)=O. The second-order valence-electron chi connectivity index (χ2n) is 8.84. The number of carbonyl (C=O) groups is 2. The Morgan fingerprint density at radius 2 is 1.78 bits per heavy atom. The highest BCUT2D eigenvalue weighted by Gasteiger charge is 2.27. The fourth-order valence-electron chi connectivity index (χ4n) is 3.74. The Hall–Kier alpha value is -2.65. The Labute approximate surface area is 218 Å². The summed E-state index contributed by atoms with van der Waals surface area (Å²) in [5, 5.41) is 3.26. The van der Waals surface area contributed by atoms with Crippen LogP contribution >= 0.6 is 11.6 Å². The predicted molar refractivity (Wildman–Crippen MR) is 142 cm³/mol. The lowest BCUT2D eigenvalue weighted by Gasteiger charge is -2.29. The quantitative estimate of drug-likeness (QED) is 0.375. The smallest absolute Gasteiger partial charge is 0.242 e. The number of hydrogen-bond acceptors (Lipinski definition) is 4. The molecule has 0 aliphatic carbocycles. The fraction of sp³-hybridized carbons (Fsp3) is 0.462. The van der Waals surface area contributed by atoms with E-state index < -0.39 is 16.1 Å². The standard InChI is InChI=1S/C26H35ClFN3O4S/c1-5-6-15-29-26(33)20(3)30(18-21-10-13-23(28)14-11-21)25(32)8-7-16-31(36(4,34)35)24-17-22(27)12-9-19(24)2/h9-14,17,20H,5-8,15-16,18H2,1-4H3,(H,29,33). The minimum atomic E-state index is -3.62. The topological polar surface area (TPSA) is 86.8 Å². The Balaban J connectivity index is 2.17. The molecule has 7 nitrogen and oxygen atoms in total. The molecule has 2 amide bonds. The first-order valence-electron chi connectivity index (χ1n) is 12.0. The van der Waals surface area contributed by atoms with Crippen LogP contribution in [0.2, 0.25) is 5.02 Å². The summed E-state index contributed by atoms with van der Waals surface area (Å²) in [6.07, 6.45) is 3.13. The molecule has 0 saturated heterocycles. The normalized spacial score (nSPS) is 12.2. The van der Waals surface area contributed by atoms with Crippen LogP contribution in [0.15, 0.2) is 42.5 Å². The van der Waals surface area contributed by atoms with E-state index in [1.807, 2.05) is 6.92 Å². The molecule has 10 heteroatoms. The molecule has 0 saturated carbocycles. The third-order valence-corrected chi connectivity index (χ3v) is 7.27. The average Bonchev–Trinajstić information content (AvgIpc) is 2.82. The average molecular weight is 540 g/mol. The molecule has 2 rings (SSSR count). The molecule has 0 spiro atoms. The number of carbonyl (C=O) groups excluding carboxylic acids is 2. The van der Waals surface area contributed by atoms with Crippen LogP contribution in [0, 0.1) is 12.7 Å². The molecule has 2 aromatic rings. The molecule has 0 aliphatic rings. The molecular weight excluding hydrogens is 505 g/mol. The zero-order valence-electron chi connectivity index (χ0n) is 21.3. The number of nitrogens with zero attached hydrogens (tertiary/aromatic N) is 2. The van der Waals surface area contributed by atoms with Crippen LogP contribution in [-0.2, 0) is 26.2 Å². The molecule has 0 radical (unpaired) electrons. The molecule has 0 aliphatic heterocycles. The van der Waals surface area contributed by atoms with Crippen LogP contribution in [0.4, 0.5) is 10.1 Å². The maximum absolute atomic E-state index is 13.4. The maximum Gasteiger partial charge on any atom is 0.242 e. The maximum atomic E-state index is 13.4. The molecule has 2 aromatic carbocycles. The molecule has 198 valence electrons. The van der Waals surface area contributed by atoms with Crippen LogP contribution in [0.25, 0.3) is 0 Å². The Kier molecular flexibility index (Phi) is 11.2. The third-order valence-electron chi connectivity index (χ3n) is 5.86. The number of halogens is 2. The molecular formula is C26H35ClFN3O4S. The minimum Gasteiger partial charge on any atom is -0.354 e. The van der Waals surface area contributed by atoms with Crippen molar-refractivity contribution in [2.24, 2.45) is 0 Å². The highest BCUT2D eigenvalue weighted by atomic mass is 35.5. The van der Waals surface area contributed by atoms with E-state index in [0.29, 0.717) is 22.8 Å². The van der Waals surface area contributed by atoms with E-state index >= 15 is 0 Å². The zero-order chi connectivity index (χ0) is 26.9. The van der Waals surface area contributed by atoms with Gasteiger partial charge in [0.1, 0.15) is 11.9 Å². The number of amides is 2. The van der Waals surface area contributed by atoms with Gasteiger partial charge in [0.15, 0.2) is 0 Å². The number of hydrogen-bond donors (Lipinski definition) is 1. The second-order valence-corrected chi connectivity index (χ2v) is 11.2. The van der Waals surface area contributed by atoms with Gasteiger partial charge in [0.25, 0.3) is 0 Å². The first-order chi connectivity index (χ1) is 16.9. The molecule has 1 N–H and O–H groups in total. The summed E-state index contributed by atoms with van der Waals surface area (Å²) in [5.74, 6) is -0.959. The molecule has 0 aromatic heterocycles. The van der Waals surface area contributed by atoms with Gasteiger partial charge >= 0.3 is 0 Å². The van der Waals surface area contributed by atoms with E-state index in [-0.39, 0.29) is 43.6 Å². The lowest BCUT2D eigenvalue weighted by molar-refractivity contribution is -0.140. The summed E-state index contributed by atoms with van der Waals surface area (Å²) in [7, 11) is -3.62. The highest BCUT2D eigenvalue weighted by Crippen LogP contribution is 2.27. The largest absolute Gasteiger partial charge is 0.354 e. The first-order valence-corrected chi connectivity index (χ1v) is 14.2. The number of nitrogens with one attached hydrogen (secondary N) is 1. The number of unbranched alkanes of at least 4 members (excludes halogenated alkanes) is 1. The van der Waals surface area contributed by atoms with Gasteiger partial charge in [0, 0.05) is 31.1 Å². The van der Waals surface area contributed by atoms with E-state index in [1.165, 1.54) is 21.3 Å². The fourth-order valence-corrected chi connectivity index (χ4v) is 4.92. The van der Waals surface area contributed by atoms with Gasteiger partial charge in [-0.3, -0.25) is 13.9 Å². The van der Waals surface area contributed by atoms with Gasteiger partial charge in [-0.1, -0.05) is 43.1 Å². The van der Waals surface area contributed by atoms with Crippen molar-refractivity contribution in [2.45, 2.75) is 59.0 Å². The van der Waals surface area contributed by atoms with Crippen molar-refractivity contribution in [3.05, 3.63) is 64.4 Å². The molecule has 1 unspecified atom stereocenters. The van der Waals surface area contributed by atoms with E-state index in [2.05, 4.69) is 5.32 Å². The Morgan fingerprint density at radius 1 is 1.11 bits per heavy atom. The monoisotopic (exact) mass is 539 g/mol. The summed E-state index contributed by atoms with van der Waals surface area (Å²) in [6.45, 7) is 6.18. The highest BCUT2D eigenvalue weighted by molar-refractivity contribution is 7.92.